The van der Waals surface area contributed by atoms with E-state index in [1.807, 2.05) is 0 Å². The average molecular weight is 490 g/mol. The van der Waals surface area contributed by atoms with E-state index in [-0.39, 0.29) is 41.2 Å². The van der Waals surface area contributed by atoms with Crippen molar-refractivity contribution in [1.82, 2.24) is 14.5 Å². The molecule has 2 fully saturated rings. The van der Waals surface area contributed by atoms with E-state index in [0.717, 1.165) is 24.8 Å². The summed E-state index contributed by atoms with van der Waals surface area (Å²) in [4.78, 5) is 21.9. The number of morpholine rings is 1. The van der Waals surface area contributed by atoms with Crippen LogP contribution in [0.15, 0.2) is 47.4 Å². The highest BCUT2D eigenvalue weighted by molar-refractivity contribution is 5.52. The second kappa shape index (κ2) is 7.67. The average Bonchev–Trinajstić information content (AvgIpc) is 3.47. The third-order valence-electron chi connectivity index (χ3n) is 6.51. The number of hydrogen-bond acceptors (Lipinski definition) is 7. The molecule has 6 rings (SSSR count). The van der Waals surface area contributed by atoms with Gasteiger partial charge in [0.05, 0.1) is 24.8 Å². The summed E-state index contributed by atoms with van der Waals surface area (Å²) in [5.41, 5.74) is -1.60. The van der Waals surface area contributed by atoms with E-state index in [1.165, 1.54) is 18.2 Å². The predicted molar refractivity (Wildman–Crippen MR) is 113 cm³/mol. The fourth-order valence-electron chi connectivity index (χ4n) is 4.89. The predicted octanol–water partition coefficient (Wildman–Crippen LogP) is 3.53. The number of pyridine rings is 1. The summed E-state index contributed by atoms with van der Waals surface area (Å²) in [6.45, 7) is 1.57. The van der Waals surface area contributed by atoms with Crippen LogP contribution in [0.25, 0.3) is 0 Å². The molecule has 0 N–H and O–H groups in total. The zero-order chi connectivity index (χ0) is 24.4. The van der Waals surface area contributed by atoms with Crippen LogP contribution in [0.4, 0.5) is 23.4 Å². The summed E-state index contributed by atoms with van der Waals surface area (Å²) < 4.78 is 71.4. The van der Waals surface area contributed by atoms with Gasteiger partial charge in [0, 0.05) is 42.9 Å². The van der Waals surface area contributed by atoms with Crippen molar-refractivity contribution in [3.8, 4) is 17.4 Å². The van der Waals surface area contributed by atoms with Gasteiger partial charge in [-0.25, -0.2) is 9.18 Å². The van der Waals surface area contributed by atoms with E-state index in [9.17, 15) is 22.4 Å². The van der Waals surface area contributed by atoms with Crippen LogP contribution in [-0.2, 0) is 24.1 Å². The second-order valence-corrected chi connectivity index (χ2v) is 8.81. The Bertz CT molecular complexity index is 1380. The largest absolute Gasteiger partial charge is 0.472 e. The third kappa shape index (κ3) is 3.77. The molecule has 3 aliphatic heterocycles. The van der Waals surface area contributed by atoms with Crippen molar-refractivity contribution in [1.29, 1.82) is 0 Å². The lowest BCUT2D eigenvalue weighted by Gasteiger charge is -2.32. The quantitative estimate of drug-likeness (QED) is 0.507. The summed E-state index contributed by atoms with van der Waals surface area (Å²) in [5, 5.41) is 0. The molecule has 2 atom stereocenters. The van der Waals surface area contributed by atoms with Crippen LogP contribution < -0.4 is 20.1 Å². The first kappa shape index (κ1) is 21.8. The van der Waals surface area contributed by atoms with Crippen LogP contribution in [0, 0.1) is 5.82 Å². The Kier molecular flexibility index (Phi) is 4.78. The highest BCUT2D eigenvalue weighted by Crippen LogP contribution is 2.46. The molecule has 182 valence electrons. The van der Waals surface area contributed by atoms with Crippen LogP contribution in [0.3, 0.4) is 0 Å². The van der Waals surface area contributed by atoms with Gasteiger partial charge in [0.2, 0.25) is 5.88 Å². The minimum absolute atomic E-state index is 0.0103. The second-order valence-electron chi connectivity index (χ2n) is 8.81. The van der Waals surface area contributed by atoms with Gasteiger partial charge < -0.3 is 19.1 Å². The normalized spacial score (nSPS) is 22.3. The van der Waals surface area contributed by atoms with Gasteiger partial charge >= 0.3 is 11.9 Å². The molecule has 8 nitrogen and oxygen atoms in total. The molecule has 0 amide bonds. The fourth-order valence-corrected chi connectivity index (χ4v) is 4.89. The summed E-state index contributed by atoms with van der Waals surface area (Å²) in [6, 6.07) is 7.49. The van der Waals surface area contributed by atoms with E-state index in [1.54, 1.807) is 10.6 Å². The van der Waals surface area contributed by atoms with E-state index in [4.69, 9.17) is 14.2 Å². The number of alkyl halides is 3. The Morgan fingerprint density at radius 2 is 2.00 bits per heavy atom. The molecule has 2 bridgehead atoms. The van der Waals surface area contributed by atoms with Gasteiger partial charge in [-0.1, -0.05) is 0 Å². The van der Waals surface area contributed by atoms with E-state index in [2.05, 4.69) is 14.9 Å². The highest BCUT2D eigenvalue weighted by Gasteiger charge is 2.56. The first-order valence-electron chi connectivity index (χ1n) is 10.8. The van der Waals surface area contributed by atoms with Crippen LogP contribution >= 0.6 is 0 Å². The molecule has 0 aliphatic carbocycles. The van der Waals surface area contributed by atoms with Crippen LogP contribution in [0.5, 0.6) is 17.4 Å². The number of fused-ring (bicyclic) bond motifs is 3. The van der Waals surface area contributed by atoms with Gasteiger partial charge in [-0.3, -0.25) is 9.55 Å². The number of anilines is 1. The maximum atomic E-state index is 14.6. The SMILES string of the molecule is O=c1nc(OCc2ccc(Oc3ccnc(C(F)(F)F)c3)cc2F)cc2n1C[C@]13CO[C@H](CN21)C3. The number of hydrogen-bond donors (Lipinski definition) is 0. The molecule has 12 heteroatoms. The molecule has 2 aromatic heterocycles. The lowest BCUT2D eigenvalue weighted by Crippen LogP contribution is -2.46. The van der Waals surface area contributed by atoms with Gasteiger partial charge in [-0.05, 0) is 18.2 Å². The molecule has 0 unspecified atom stereocenters. The Labute approximate surface area is 195 Å². The van der Waals surface area contributed by atoms with Crippen molar-refractivity contribution in [2.75, 3.05) is 18.1 Å². The highest BCUT2D eigenvalue weighted by atomic mass is 19.4. The summed E-state index contributed by atoms with van der Waals surface area (Å²) >= 11 is 0. The van der Waals surface area contributed by atoms with Gasteiger partial charge in [0.15, 0.2) is 0 Å². The smallest absolute Gasteiger partial charge is 0.433 e. The summed E-state index contributed by atoms with van der Waals surface area (Å²) in [6.07, 6.45) is -2.65. The lowest BCUT2D eigenvalue weighted by molar-refractivity contribution is -0.141. The minimum atomic E-state index is -4.62. The van der Waals surface area contributed by atoms with Crippen molar-refractivity contribution in [3.63, 3.8) is 0 Å². The van der Waals surface area contributed by atoms with Crippen molar-refractivity contribution < 1.29 is 31.8 Å². The van der Waals surface area contributed by atoms with Crippen molar-refractivity contribution in [3.05, 3.63) is 70.2 Å². The van der Waals surface area contributed by atoms with Crippen molar-refractivity contribution >= 4 is 5.82 Å². The molecule has 1 spiro atoms. The van der Waals surface area contributed by atoms with Crippen LogP contribution in [0.1, 0.15) is 17.7 Å². The Morgan fingerprint density at radius 3 is 2.77 bits per heavy atom. The Morgan fingerprint density at radius 1 is 1.17 bits per heavy atom. The van der Waals surface area contributed by atoms with Gasteiger partial charge in [-0.15, -0.1) is 0 Å². The topological polar surface area (TPSA) is 78.7 Å². The molecule has 5 heterocycles. The lowest BCUT2D eigenvalue weighted by atomic mass is 10.0. The zero-order valence-electron chi connectivity index (χ0n) is 18.1. The molecule has 2 saturated heterocycles. The van der Waals surface area contributed by atoms with Crippen LogP contribution in [0.2, 0.25) is 0 Å². The first-order valence-corrected chi connectivity index (χ1v) is 10.8. The molecule has 3 aromatic rings. The Balaban J connectivity index is 1.16. The number of halogens is 4. The first-order chi connectivity index (χ1) is 16.7. The monoisotopic (exact) mass is 490 g/mol. The van der Waals surface area contributed by atoms with E-state index >= 15 is 0 Å². The van der Waals surface area contributed by atoms with Gasteiger partial charge in [0.25, 0.3) is 0 Å². The zero-order valence-corrected chi connectivity index (χ0v) is 18.1. The van der Waals surface area contributed by atoms with Crippen molar-refractivity contribution in [2.45, 2.75) is 37.4 Å². The molecular formula is C23H18F4N4O4. The van der Waals surface area contributed by atoms with Gasteiger partial charge in [-0.2, -0.15) is 18.2 Å². The summed E-state index contributed by atoms with van der Waals surface area (Å²) in [5.74, 6) is -0.00405. The van der Waals surface area contributed by atoms with E-state index < -0.39 is 23.4 Å². The number of nitrogens with zero attached hydrogens (tertiary/aromatic N) is 4. The molecule has 35 heavy (non-hydrogen) atoms. The molecule has 1 aromatic carbocycles. The summed E-state index contributed by atoms with van der Waals surface area (Å²) in [7, 11) is 0. The standard InChI is InChI=1S/C23H18F4N4O4/c24-17-5-14(35-15-3-4-28-18(6-15)23(25,26)27)2-1-13(17)10-33-19-7-20-30(21(32)29-19)11-22-8-16(34-12-22)9-31(20)22/h1-7,16H,8-12H2/t16-,22+/m0/s1. The molecule has 0 saturated carbocycles. The molecule has 0 radical (unpaired) electrons. The van der Waals surface area contributed by atoms with Crippen LogP contribution in [-0.4, -0.2) is 39.3 Å². The van der Waals surface area contributed by atoms with E-state index in [0.29, 0.717) is 25.5 Å². The number of aromatic nitrogens is 3. The molecule has 3 aliphatic rings. The van der Waals surface area contributed by atoms with Gasteiger partial charge in [0.1, 0.15) is 35.4 Å². The number of ether oxygens (including phenoxy) is 3. The minimum Gasteiger partial charge on any atom is -0.472 e. The maximum absolute atomic E-state index is 14.6. The maximum Gasteiger partial charge on any atom is 0.433 e. The van der Waals surface area contributed by atoms with Crippen molar-refractivity contribution in [2.24, 2.45) is 0 Å². The number of benzene rings is 1. The molecular weight excluding hydrogens is 472 g/mol. The Hall–Kier alpha value is -3.67. The third-order valence-corrected chi connectivity index (χ3v) is 6.51. The fraction of sp³-hybridized carbons (Fsp3) is 0.348. The number of rotatable bonds is 5.